The molecule has 2 fully saturated rings. The van der Waals surface area contributed by atoms with Crippen LogP contribution in [0.5, 0.6) is 0 Å². The van der Waals surface area contributed by atoms with Crippen LogP contribution in [0.3, 0.4) is 0 Å². The number of pyridine rings is 2. The molecule has 0 radical (unpaired) electrons. The number of halogens is 4. The highest BCUT2D eigenvalue weighted by atomic mass is 19.4. The molecule has 3 aromatic rings. The molecule has 9 nitrogen and oxygen atoms in total. The molecule has 0 bridgehead atoms. The molecule has 35 heavy (non-hydrogen) atoms. The lowest BCUT2D eigenvalue weighted by molar-refractivity contribution is -0.141. The molecule has 0 spiro atoms. The van der Waals surface area contributed by atoms with Gasteiger partial charge in [0, 0.05) is 44.0 Å². The normalized spacial score (nSPS) is 18.9. The molecule has 0 saturated carbocycles. The van der Waals surface area contributed by atoms with Crippen molar-refractivity contribution in [3.63, 3.8) is 0 Å². The Hall–Kier alpha value is -3.87. The third-order valence-corrected chi connectivity index (χ3v) is 6.09. The number of rotatable bonds is 4. The van der Waals surface area contributed by atoms with Gasteiger partial charge in [0.2, 0.25) is 0 Å². The van der Waals surface area contributed by atoms with Gasteiger partial charge in [-0.25, -0.2) is 4.39 Å². The molecule has 2 aliphatic heterocycles. The molecule has 3 aromatic heterocycles. The summed E-state index contributed by atoms with van der Waals surface area (Å²) in [4.78, 5) is 34.9. The SMILES string of the molecule is C=C(F)C(=O)N1CC(n2nc(-c3ccc(C(F)(F)F)nc3)c3nccc(N4CC[C@@H](O)C4=O)c32)C1. The summed E-state index contributed by atoms with van der Waals surface area (Å²) in [6, 6.07) is 3.23. The van der Waals surface area contributed by atoms with Crippen LogP contribution in [-0.2, 0) is 15.8 Å². The number of aliphatic hydroxyl groups is 1. The number of likely N-dealkylation sites (tertiary alicyclic amines) is 1. The van der Waals surface area contributed by atoms with E-state index in [2.05, 4.69) is 21.6 Å². The van der Waals surface area contributed by atoms with Crippen LogP contribution in [0.15, 0.2) is 43.0 Å². The standard InChI is InChI=1S/C22H18F4N6O3/c1-11(23)20(34)30-9-13(10-30)32-19-14(31-7-5-15(33)21(31)35)4-6-27-18(19)17(29-32)12-2-3-16(28-8-12)22(24,25)26/h2-4,6,8,13,15,33H,1,5,7,9-10H2/t15-/m1/s1. The van der Waals surface area contributed by atoms with Crippen LogP contribution in [0.2, 0.25) is 0 Å². The van der Waals surface area contributed by atoms with E-state index >= 15 is 0 Å². The first-order valence-corrected chi connectivity index (χ1v) is 10.6. The van der Waals surface area contributed by atoms with E-state index in [1.54, 1.807) is 6.07 Å². The number of anilines is 1. The van der Waals surface area contributed by atoms with Crippen LogP contribution in [0.4, 0.5) is 23.2 Å². The van der Waals surface area contributed by atoms with Gasteiger partial charge in [-0.2, -0.15) is 18.3 Å². The van der Waals surface area contributed by atoms with Gasteiger partial charge in [-0.15, -0.1) is 0 Å². The number of nitrogens with zero attached hydrogens (tertiary/aromatic N) is 6. The molecule has 1 atom stereocenters. The van der Waals surface area contributed by atoms with Gasteiger partial charge in [0.25, 0.3) is 11.8 Å². The summed E-state index contributed by atoms with van der Waals surface area (Å²) in [5, 5.41) is 14.5. The number of amides is 2. The van der Waals surface area contributed by atoms with E-state index in [0.29, 0.717) is 16.7 Å². The van der Waals surface area contributed by atoms with Crippen LogP contribution in [0.25, 0.3) is 22.3 Å². The maximum absolute atomic E-state index is 13.3. The lowest BCUT2D eigenvalue weighted by Crippen LogP contribution is -2.51. The second-order valence-corrected chi connectivity index (χ2v) is 8.31. The highest BCUT2D eigenvalue weighted by Crippen LogP contribution is 2.38. The Labute approximate surface area is 195 Å². The van der Waals surface area contributed by atoms with Gasteiger partial charge in [0.15, 0.2) is 5.83 Å². The number of hydrogen-bond acceptors (Lipinski definition) is 6. The number of carbonyl (C=O) groups excluding carboxylic acids is 2. The number of alkyl halides is 3. The van der Waals surface area contributed by atoms with Crippen molar-refractivity contribution >= 4 is 28.5 Å². The minimum atomic E-state index is -4.61. The molecule has 5 heterocycles. The van der Waals surface area contributed by atoms with Crippen LogP contribution < -0.4 is 4.90 Å². The Morgan fingerprint density at radius 3 is 2.49 bits per heavy atom. The lowest BCUT2D eigenvalue weighted by Gasteiger charge is -2.39. The van der Waals surface area contributed by atoms with Crippen molar-refractivity contribution in [3.8, 4) is 11.3 Å². The molecule has 0 unspecified atom stereocenters. The fourth-order valence-corrected chi connectivity index (χ4v) is 4.28. The van der Waals surface area contributed by atoms with E-state index in [0.717, 1.165) is 12.3 Å². The van der Waals surface area contributed by atoms with Gasteiger partial charge in [-0.05, 0) is 18.2 Å². The van der Waals surface area contributed by atoms with E-state index in [1.165, 1.54) is 26.7 Å². The van der Waals surface area contributed by atoms with Gasteiger partial charge >= 0.3 is 6.18 Å². The molecule has 13 heteroatoms. The summed E-state index contributed by atoms with van der Waals surface area (Å²) in [5.74, 6) is -2.44. The van der Waals surface area contributed by atoms with Crippen LogP contribution in [0.1, 0.15) is 18.2 Å². The maximum atomic E-state index is 13.3. The Morgan fingerprint density at radius 2 is 1.91 bits per heavy atom. The molecule has 0 aromatic carbocycles. The Bertz CT molecular complexity index is 1350. The zero-order chi connectivity index (χ0) is 25.1. The number of hydrogen-bond donors (Lipinski definition) is 1. The molecular weight excluding hydrogens is 472 g/mol. The summed E-state index contributed by atoms with van der Waals surface area (Å²) in [6.45, 7) is 3.47. The average Bonchev–Trinajstić information content (AvgIpc) is 3.33. The first-order valence-electron chi connectivity index (χ1n) is 10.6. The molecule has 182 valence electrons. The van der Waals surface area contributed by atoms with Gasteiger partial charge < -0.3 is 14.9 Å². The minimum absolute atomic E-state index is 0.105. The van der Waals surface area contributed by atoms with Crippen molar-refractivity contribution in [1.29, 1.82) is 0 Å². The molecular formula is C22H18F4N6O3. The van der Waals surface area contributed by atoms with Crippen LogP contribution in [0, 0.1) is 0 Å². The summed E-state index contributed by atoms with van der Waals surface area (Å²) in [5.41, 5.74) is 0.558. The fraction of sp³-hybridized carbons (Fsp3) is 0.318. The largest absolute Gasteiger partial charge is 0.433 e. The van der Waals surface area contributed by atoms with Gasteiger partial charge in [0.05, 0.1) is 11.7 Å². The monoisotopic (exact) mass is 490 g/mol. The summed E-state index contributed by atoms with van der Waals surface area (Å²) < 4.78 is 53.7. The van der Waals surface area contributed by atoms with E-state index in [4.69, 9.17) is 0 Å². The van der Waals surface area contributed by atoms with Gasteiger partial charge in [-0.1, -0.05) is 6.58 Å². The number of aromatic nitrogens is 4. The molecule has 2 saturated heterocycles. The zero-order valence-corrected chi connectivity index (χ0v) is 18.0. The van der Waals surface area contributed by atoms with Crippen molar-refractivity contribution in [1.82, 2.24) is 24.6 Å². The van der Waals surface area contributed by atoms with E-state index < -0.39 is 41.7 Å². The van der Waals surface area contributed by atoms with E-state index in [-0.39, 0.29) is 37.3 Å². The third-order valence-electron chi connectivity index (χ3n) is 6.09. The van der Waals surface area contributed by atoms with Gasteiger partial charge in [0.1, 0.15) is 28.5 Å². The summed E-state index contributed by atoms with van der Waals surface area (Å²) in [6.07, 6.45) is -3.05. The Kier molecular flexibility index (Phi) is 5.31. The lowest BCUT2D eigenvalue weighted by atomic mass is 10.1. The fourth-order valence-electron chi connectivity index (χ4n) is 4.28. The predicted molar refractivity (Wildman–Crippen MR) is 115 cm³/mol. The number of carbonyl (C=O) groups is 2. The van der Waals surface area contributed by atoms with E-state index in [9.17, 15) is 32.3 Å². The first-order chi connectivity index (χ1) is 16.6. The Morgan fingerprint density at radius 1 is 1.17 bits per heavy atom. The van der Waals surface area contributed by atoms with Crippen molar-refractivity contribution < 1.29 is 32.3 Å². The van der Waals surface area contributed by atoms with Crippen molar-refractivity contribution in [2.75, 3.05) is 24.5 Å². The van der Waals surface area contributed by atoms with Gasteiger partial charge in [-0.3, -0.25) is 24.2 Å². The molecule has 1 N–H and O–H groups in total. The molecule has 2 amide bonds. The minimum Gasteiger partial charge on any atom is -0.383 e. The quantitative estimate of drug-likeness (QED) is 0.445. The Balaban J connectivity index is 1.62. The molecule has 0 aliphatic carbocycles. The second-order valence-electron chi connectivity index (χ2n) is 8.31. The topological polar surface area (TPSA) is 104 Å². The highest BCUT2D eigenvalue weighted by molar-refractivity contribution is 6.06. The highest BCUT2D eigenvalue weighted by Gasteiger charge is 2.38. The second kappa shape index (κ2) is 8.12. The summed E-state index contributed by atoms with van der Waals surface area (Å²) in [7, 11) is 0. The summed E-state index contributed by atoms with van der Waals surface area (Å²) >= 11 is 0. The van der Waals surface area contributed by atoms with Crippen molar-refractivity contribution in [2.24, 2.45) is 0 Å². The molecule has 5 rings (SSSR count). The number of aliphatic hydroxyl groups excluding tert-OH is 1. The van der Waals surface area contributed by atoms with Crippen LogP contribution in [-0.4, -0.2) is 67.3 Å². The van der Waals surface area contributed by atoms with Crippen molar-refractivity contribution in [3.05, 3.63) is 48.7 Å². The average molecular weight is 490 g/mol. The predicted octanol–water partition coefficient (Wildman–Crippen LogP) is 2.48. The number of fused-ring (bicyclic) bond motifs is 1. The maximum Gasteiger partial charge on any atom is 0.433 e. The van der Waals surface area contributed by atoms with E-state index in [1.807, 2.05) is 0 Å². The smallest absolute Gasteiger partial charge is 0.383 e. The first kappa shape index (κ1) is 22.9. The van der Waals surface area contributed by atoms with Crippen molar-refractivity contribution in [2.45, 2.75) is 24.7 Å². The zero-order valence-electron chi connectivity index (χ0n) is 18.0. The third kappa shape index (κ3) is 3.81. The van der Waals surface area contributed by atoms with Crippen LogP contribution >= 0.6 is 0 Å². The molecule has 2 aliphatic rings.